The van der Waals surface area contributed by atoms with Crippen LogP contribution in [0.4, 0.5) is 5.69 Å². The number of benzene rings is 2. The number of hydrazone groups is 1. The Balaban J connectivity index is 2.13. The lowest BCUT2D eigenvalue weighted by molar-refractivity contribution is 0.0955. The van der Waals surface area contributed by atoms with Gasteiger partial charge in [-0.25, -0.2) is 5.43 Å². The van der Waals surface area contributed by atoms with Gasteiger partial charge in [-0.15, -0.1) is 0 Å². The van der Waals surface area contributed by atoms with Crippen LogP contribution in [-0.2, 0) is 0 Å². The quantitative estimate of drug-likeness (QED) is 0.383. The lowest BCUT2D eigenvalue weighted by Gasteiger charge is -2.04. The lowest BCUT2D eigenvalue weighted by Crippen LogP contribution is -2.17. The third-order valence-electron chi connectivity index (χ3n) is 2.59. The molecule has 0 bridgehead atoms. The Bertz CT molecular complexity index is 717. The molecule has 7 heteroatoms. The molecular formula is C14H10Cl3N3O. The maximum Gasteiger partial charge on any atom is 0.271 e. The predicted octanol–water partition coefficient (Wildman–Crippen LogP) is 3.99. The highest BCUT2D eigenvalue weighted by Crippen LogP contribution is 2.29. The Labute approximate surface area is 136 Å². The van der Waals surface area contributed by atoms with E-state index in [1.165, 1.54) is 6.21 Å². The molecule has 0 heterocycles. The molecule has 108 valence electrons. The zero-order valence-corrected chi connectivity index (χ0v) is 12.9. The molecule has 0 spiro atoms. The van der Waals surface area contributed by atoms with E-state index in [1.807, 2.05) is 0 Å². The maximum absolute atomic E-state index is 11.9. The number of nitrogens with two attached hydrogens (primary N) is 1. The standard InChI is InChI=1S/C14H10Cl3N3O/c15-11-4-5-12(16)13(17)10(11)7-19-20-14(21)8-2-1-3-9(18)6-8/h1-7H,18H2,(H,20,21)/b19-7-. The van der Waals surface area contributed by atoms with Crippen LogP contribution in [0.3, 0.4) is 0 Å². The van der Waals surface area contributed by atoms with Crippen molar-refractivity contribution in [3.63, 3.8) is 0 Å². The molecule has 2 rings (SSSR count). The number of hydrogen-bond acceptors (Lipinski definition) is 3. The van der Waals surface area contributed by atoms with Crippen LogP contribution in [0.2, 0.25) is 15.1 Å². The Morgan fingerprint density at radius 3 is 2.57 bits per heavy atom. The highest BCUT2D eigenvalue weighted by molar-refractivity contribution is 6.45. The highest BCUT2D eigenvalue weighted by atomic mass is 35.5. The molecule has 0 fully saturated rings. The van der Waals surface area contributed by atoms with E-state index in [1.54, 1.807) is 36.4 Å². The van der Waals surface area contributed by atoms with Crippen LogP contribution in [0, 0.1) is 0 Å². The SMILES string of the molecule is Nc1cccc(C(=O)N/N=C\c2c(Cl)ccc(Cl)c2Cl)c1. The summed E-state index contributed by atoms with van der Waals surface area (Å²) < 4.78 is 0. The van der Waals surface area contributed by atoms with Crippen molar-refractivity contribution in [3.05, 3.63) is 62.6 Å². The number of hydrogen-bond donors (Lipinski definition) is 2. The Morgan fingerprint density at radius 2 is 1.86 bits per heavy atom. The van der Waals surface area contributed by atoms with Gasteiger partial charge >= 0.3 is 0 Å². The van der Waals surface area contributed by atoms with Crippen LogP contribution in [0.25, 0.3) is 0 Å². The summed E-state index contributed by atoms with van der Waals surface area (Å²) in [6.45, 7) is 0. The van der Waals surface area contributed by atoms with Crippen molar-refractivity contribution in [1.29, 1.82) is 0 Å². The molecule has 2 aromatic rings. The van der Waals surface area contributed by atoms with E-state index in [4.69, 9.17) is 40.5 Å². The number of nitrogen functional groups attached to an aromatic ring is 1. The van der Waals surface area contributed by atoms with Gasteiger partial charge in [0.1, 0.15) is 0 Å². The Hall–Kier alpha value is -1.75. The smallest absolute Gasteiger partial charge is 0.271 e. The molecule has 3 N–H and O–H groups in total. The van der Waals surface area contributed by atoms with Gasteiger partial charge in [-0.1, -0.05) is 40.9 Å². The summed E-state index contributed by atoms with van der Waals surface area (Å²) in [7, 11) is 0. The van der Waals surface area contributed by atoms with Crippen molar-refractivity contribution >= 4 is 52.6 Å². The highest BCUT2D eigenvalue weighted by Gasteiger charge is 2.08. The summed E-state index contributed by atoms with van der Waals surface area (Å²) in [6.07, 6.45) is 1.33. The van der Waals surface area contributed by atoms with E-state index in [9.17, 15) is 4.79 Å². The van der Waals surface area contributed by atoms with Crippen molar-refractivity contribution in [2.45, 2.75) is 0 Å². The van der Waals surface area contributed by atoms with Crippen LogP contribution < -0.4 is 11.2 Å². The maximum atomic E-state index is 11.9. The molecule has 2 aromatic carbocycles. The topological polar surface area (TPSA) is 67.5 Å². The number of nitrogens with one attached hydrogen (secondary N) is 1. The summed E-state index contributed by atoms with van der Waals surface area (Å²) in [4.78, 5) is 11.9. The predicted molar refractivity (Wildman–Crippen MR) is 87.4 cm³/mol. The third kappa shape index (κ3) is 3.88. The number of nitrogens with zero attached hydrogens (tertiary/aromatic N) is 1. The van der Waals surface area contributed by atoms with Crippen molar-refractivity contribution in [3.8, 4) is 0 Å². The second-order valence-corrected chi connectivity index (χ2v) is 5.27. The molecular weight excluding hydrogens is 333 g/mol. The molecule has 0 aliphatic carbocycles. The van der Waals surface area contributed by atoms with Gasteiger partial charge in [-0.3, -0.25) is 4.79 Å². The Morgan fingerprint density at radius 1 is 1.14 bits per heavy atom. The first kappa shape index (κ1) is 15.6. The minimum Gasteiger partial charge on any atom is -0.399 e. The van der Waals surface area contributed by atoms with Gasteiger partial charge in [0.2, 0.25) is 0 Å². The molecule has 0 saturated heterocycles. The molecule has 0 aliphatic heterocycles. The van der Waals surface area contributed by atoms with Crippen LogP contribution in [0.15, 0.2) is 41.5 Å². The van der Waals surface area contributed by atoms with E-state index < -0.39 is 5.91 Å². The summed E-state index contributed by atoms with van der Waals surface area (Å²) in [5, 5.41) is 4.82. The molecule has 0 unspecified atom stereocenters. The number of halogens is 3. The fourth-order valence-corrected chi connectivity index (χ4v) is 2.19. The zero-order valence-electron chi connectivity index (χ0n) is 10.6. The largest absolute Gasteiger partial charge is 0.399 e. The normalized spacial score (nSPS) is 10.8. The molecule has 0 atom stereocenters. The average molecular weight is 343 g/mol. The van der Waals surface area contributed by atoms with Crippen molar-refractivity contribution < 1.29 is 4.79 Å². The van der Waals surface area contributed by atoms with E-state index in [-0.39, 0.29) is 5.02 Å². The number of carbonyl (C=O) groups is 1. The minimum atomic E-state index is -0.396. The average Bonchev–Trinajstić information content (AvgIpc) is 2.46. The number of anilines is 1. The first-order valence-electron chi connectivity index (χ1n) is 5.81. The van der Waals surface area contributed by atoms with Gasteiger partial charge in [0.05, 0.1) is 21.3 Å². The molecule has 0 radical (unpaired) electrons. The van der Waals surface area contributed by atoms with Crippen LogP contribution in [0.1, 0.15) is 15.9 Å². The monoisotopic (exact) mass is 341 g/mol. The molecule has 21 heavy (non-hydrogen) atoms. The first-order chi connectivity index (χ1) is 9.99. The number of carbonyl (C=O) groups excluding carboxylic acids is 1. The first-order valence-corrected chi connectivity index (χ1v) is 6.95. The van der Waals surface area contributed by atoms with E-state index >= 15 is 0 Å². The Kier molecular flexibility index (Phi) is 5.07. The number of amides is 1. The van der Waals surface area contributed by atoms with E-state index in [0.717, 1.165) is 0 Å². The van der Waals surface area contributed by atoms with E-state index in [2.05, 4.69) is 10.5 Å². The van der Waals surface area contributed by atoms with Crippen molar-refractivity contribution in [1.82, 2.24) is 5.43 Å². The van der Waals surface area contributed by atoms with Gasteiger partial charge < -0.3 is 5.73 Å². The van der Waals surface area contributed by atoms with Crippen molar-refractivity contribution in [2.75, 3.05) is 5.73 Å². The van der Waals surface area contributed by atoms with Gasteiger partial charge in [0, 0.05) is 16.8 Å². The fourth-order valence-electron chi connectivity index (χ4n) is 1.56. The van der Waals surface area contributed by atoms with Gasteiger partial charge in [0.25, 0.3) is 5.91 Å². The van der Waals surface area contributed by atoms with Crippen LogP contribution in [0.5, 0.6) is 0 Å². The number of rotatable bonds is 3. The summed E-state index contributed by atoms with van der Waals surface area (Å²) in [5.74, 6) is -0.396. The third-order valence-corrected chi connectivity index (χ3v) is 3.74. The van der Waals surface area contributed by atoms with Gasteiger partial charge in [-0.05, 0) is 30.3 Å². The van der Waals surface area contributed by atoms with Crippen LogP contribution in [-0.4, -0.2) is 12.1 Å². The molecule has 4 nitrogen and oxygen atoms in total. The second kappa shape index (κ2) is 6.80. The van der Waals surface area contributed by atoms with E-state index in [0.29, 0.717) is 26.9 Å². The minimum absolute atomic E-state index is 0.270. The van der Waals surface area contributed by atoms with Crippen molar-refractivity contribution in [2.24, 2.45) is 5.10 Å². The fraction of sp³-hybridized carbons (Fsp3) is 0. The lowest BCUT2D eigenvalue weighted by atomic mass is 10.2. The van der Waals surface area contributed by atoms with Crippen LogP contribution >= 0.6 is 34.8 Å². The molecule has 0 aromatic heterocycles. The molecule has 0 saturated carbocycles. The molecule has 0 aliphatic rings. The summed E-state index contributed by atoms with van der Waals surface area (Å²) >= 11 is 17.9. The second-order valence-electron chi connectivity index (χ2n) is 4.08. The zero-order chi connectivity index (χ0) is 15.4. The molecule has 1 amide bonds. The van der Waals surface area contributed by atoms with Gasteiger partial charge in [0.15, 0.2) is 0 Å². The summed E-state index contributed by atoms with van der Waals surface area (Å²) in [6, 6.07) is 9.71. The van der Waals surface area contributed by atoms with Gasteiger partial charge in [-0.2, -0.15) is 5.10 Å². The summed E-state index contributed by atoms with van der Waals surface area (Å²) in [5.41, 5.74) is 9.29.